The van der Waals surface area contributed by atoms with Gasteiger partial charge in [0.1, 0.15) is 0 Å². The molecule has 2 aliphatic heterocycles. The second-order valence-corrected chi connectivity index (χ2v) is 5.15. The van der Waals surface area contributed by atoms with Crippen LogP contribution in [0.5, 0.6) is 0 Å². The molecule has 2 atom stereocenters. The van der Waals surface area contributed by atoms with E-state index in [2.05, 4.69) is 5.32 Å². The van der Waals surface area contributed by atoms with Crippen LogP contribution in [0.15, 0.2) is 0 Å². The SMILES string of the molecule is NC(=O)C1CCN(C(=O)C2(C(F)(F)F)CCNC2)C1. The van der Waals surface area contributed by atoms with Gasteiger partial charge in [-0.05, 0) is 19.4 Å². The second kappa shape index (κ2) is 4.66. The van der Waals surface area contributed by atoms with E-state index in [0.29, 0.717) is 6.42 Å². The van der Waals surface area contributed by atoms with Gasteiger partial charge in [0.05, 0.1) is 5.92 Å². The maximum Gasteiger partial charge on any atom is 0.404 e. The number of hydrogen-bond donors (Lipinski definition) is 2. The number of carbonyl (C=O) groups is 2. The van der Waals surface area contributed by atoms with Crippen LogP contribution in [-0.2, 0) is 9.59 Å². The molecule has 2 amide bonds. The lowest BCUT2D eigenvalue weighted by Crippen LogP contribution is -2.53. The summed E-state index contributed by atoms with van der Waals surface area (Å²) in [6.45, 7) is -0.0817. The highest BCUT2D eigenvalue weighted by Gasteiger charge is 2.62. The smallest absolute Gasteiger partial charge is 0.369 e. The fourth-order valence-electron chi connectivity index (χ4n) is 2.72. The minimum absolute atomic E-state index is 0.00794. The molecule has 0 radical (unpaired) electrons. The number of halogens is 3. The van der Waals surface area contributed by atoms with Gasteiger partial charge in [-0.2, -0.15) is 13.2 Å². The van der Waals surface area contributed by atoms with Crippen LogP contribution < -0.4 is 11.1 Å². The Labute approximate surface area is 108 Å². The van der Waals surface area contributed by atoms with Gasteiger partial charge < -0.3 is 16.0 Å². The maximum atomic E-state index is 13.2. The van der Waals surface area contributed by atoms with Gasteiger partial charge in [-0.3, -0.25) is 9.59 Å². The van der Waals surface area contributed by atoms with Gasteiger partial charge in [0, 0.05) is 19.6 Å². The minimum atomic E-state index is -4.58. The number of carbonyl (C=O) groups excluding carboxylic acids is 2. The summed E-state index contributed by atoms with van der Waals surface area (Å²) in [5.41, 5.74) is 2.77. The van der Waals surface area contributed by atoms with E-state index in [1.54, 1.807) is 0 Å². The molecule has 0 aromatic rings. The lowest BCUT2D eigenvalue weighted by molar-refractivity contribution is -0.221. The number of nitrogens with zero attached hydrogens (tertiary/aromatic N) is 1. The number of nitrogens with two attached hydrogens (primary N) is 1. The fraction of sp³-hybridized carbons (Fsp3) is 0.818. The van der Waals surface area contributed by atoms with Gasteiger partial charge in [0.15, 0.2) is 5.41 Å². The molecule has 5 nitrogen and oxygen atoms in total. The van der Waals surface area contributed by atoms with Crippen molar-refractivity contribution in [3.8, 4) is 0 Å². The zero-order valence-electron chi connectivity index (χ0n) is 10.3. The average Bonchev–Trinajstić information content (AvgIpc) is 2.97. The van der Waals surface area contributed by atoms with Gasteiger partial charge in [0.2, 0.25) is 11.8 Å². The molecule has 0 aliphatic carbocycles. The molecule has 8 heteroatoms. The van der Waals surface area contributed by atoms with Crippen molar-refractivity contribution in [1.29, 1.82) is 0 Å². The quantitative estimate of drug-likeness (QED) is 0.739. The Morgan fingerprint density at radius 2 is 2.05 bits per heavy atom. The molecule has 0 aromatic carbocycles. The fourth-order valence-corrected chi connectivity index (χ4v) is 2.72. The molecule has 2 aliphatic rings. The molecule has 3 N–H and O–H groups in total. The van der Waals surface area contributed by atoms with E-state index in [-0.39, 0.29) is 26.1 Å². The first-order valence-corrected chi connectivity index (χ1v) is 6.14. The summed E-state index contributed by atoms with van der Waals surface area (Å²) in [5.74, 6) is -2.04. The van der Waals surface area contributed by atoms with Crippen molar-refractivity contribution in [2.45, 2.75) is 19.0 Å². The molecule has 108 valence electrons. The van der Waals surface area contributed by atoms with Gasteiger partial charge in [-0.15, -0.1) is 0 Å². The van der Waals surface area contributed by atoms with E-state index in [4.69, 9.17) is 5.73 Å². The Morgan fingerprint density at radius 1 is 1.37 bits per heavy atom. The highest BCUT2D eigenvalue weighted by Crippen LogP contribution is 2.45. The Bertz CT molecular complexity index is 391. The molecule has 2 heterocycles. The molecule has 19 heavy (non-hydrogen) atoms. The molecule has 2 fully saturated rings. The van der Waals surface area contributed by atoms with E-state index in [1.807, 2.05) is 0 Å². The minimum Gasteiger partial charge on any atom is -0.369 e. The summed E-state index contributed by atoms with van der Waals surface area (Å²) in [5, 5.41) is 2.60. The summed E-state index contributed by atoms with van der Waals surface area (Å²) in [6.07, 6.45) is -4.51. The van der Waals surface area contributed by atoms with Crippen molar-refractivity contribution >= 4 is 11.8 Å². The Kier molecular flexibility index (Phi) is 3.46. The first kappa shape index (κ1) is 14.1. The number of alkyl halides is 3. The predicted octanol–water partition coefficient (Wildman–Crippen LogP) is -0.138. The molecule has 2 saturated heterocycles. The van der Waals surface area contributed by atoms with E-state index in [1.165, 1.54) is 0 Å². The van der Waals surface area contributed by atoms with Crippen molar-refractivity contribution in [2.24, 2.45) is 17.1 Å². The molecular formula is C11H16F3N3O2. The third kappa shape index (κ3) is 2.29. The number of primary amides is 1. The van der Waals surface area contributed by atoms with Crippen molar-refractivity contribution in [3.05, 3.63) is 0 Å². The number of rotatable bonds is 2. The first-order valence-electron chi connectivity index (χ1n) is 6.14. The zero-order valence-corrected chi connectivity index (χ0v) is 10.3. The Morgan fingerprint density at radius 3 is 2.47 bits per heavy atom. The zero-order chi connectivity index (χ0) is 14.3. The second-order valence-electron chi connectivity index (χ2n) is 5.15. The number of hydrogen-bond acceptors (Lipinski definition) is 3. The van der Waals surface area contributed by atoms with E-state index >= 15 is 0 Å². The summed E-state index contributed by atoms with van der Waals surface area (Å²) in [6, 6.07) is 0. The molecule has 0 saturated carbocycles. The topological polar surface area (TPSA) is 75.4 Å². The van der Waals surface area contributed by atoms with Crippen LogP contribution in [0.3, 0.4) is 0 Å². The first-order chi connectivity index (χ1) is 8.78. The molecule has 0 bridgehead atoms. The van der Waals surface area contributed by atoms with Crippen LogP contribution in [-0.4, -0.2) is 49.1 Å². The molecule has 0 spiro atoms. The monoisotopic (exact) mass is 279 g/mol. The molecule has 0 aromatic heterocycles. The van der Waals surface area contributed by atoms with Crippen molar-refractivity contribution in [3.63, 3.8) is 0 Å². The van der Waals surface area contributed by atoms with Crippen molar-refractivity contribution in [1.82, 2.24) is 10.2 Å². The lowest BCUT2D eigenvalue weighted by Gasteiger charge is -2.33. The van der Waals surface area contributed by atoms with Crippen LogP contribution in [0.2, 0.25) is 0 Å². The molecular weight excluding hydrogens is 263 g/mol. The van der Waals surface area contributed by atoms with E-state index in [9.17, 15) is 22.8 Å². The third-order valence-corrected chi connectivity index (χ3v) is 3.99. The third-order valence-electron chi connectivity index (χ3n) is 3.99. The summed E-state index contributed by atoms with van der Waals surface area (Å²) in [4.78, 5) is 24.3. The van der Waals surface area contributed by atoms with Crippen LogP contribution in [0.25, 0.3) is 0 Å². The predicted molar refractivity (Wildman–Crippen MR) is 59.9 cm³/mol. The number of likely N-dealkylation sites (tertiary alicyclic amines) is 1. The summed E-state index contributed by atoms with van der Waals surface area (Å²) < 4.78 is 39.6. The van der Waals surface area contributed by atoms with E-state index < -0.39 is 35.9 Å². The van der Waals surface area contributed by atoms with Crippen LogP contribution in [0, 0.1) is 11.3 Å². The largest absolute Gasteiger partial charge is 0.404 e. The van der Waals surface area contributed by atoms with Crippen LogP contribution in [0.1, 0.15) is 12.8 Å². The summed E-state index contributed by atoms with van der Waals surface area (Å²) >= 11 is 0. The highest BCUT2D eigenvalue weighted by molar-refractivity contribution is 5.86. The number of amides is 2. The normalized spacial score (nSPS) is 31.7. The van der Waals surface area contributed by atoms with Crippen molar-refractivity contribution < 1.29 is 22.8 Å². The molecule has 2 unspecified atom stereocenters. The summed E-state index contributed by atoms with van der Waals surface area (Å²) in [7, 11) is 0. The van der Waals surface area contributed by atoms with E-state index in [0.717, 1.165) is 4.90 Å². The van der Waals surface area contributed by atoms with Gasteiger partial charge in [-0.1, -0.05) is 0 Å². The van der Waals surface area contributed by atoms with Gasteiger partial charge in [-0.25, -0.2) is 0 Å². The van der Waals surface area contributed by atoms with Crippen LogP contribution >= 0.6 is 0 Å². The van der Waals surface area contributed by atoms with Crippen molar-refractivity contribution in [2.75, 3.05) is 26.2 Å². The standard InChI is InChI=1S/C11H16F3N3O2/c12-11(13,14)10(2-3-16-6-10)9(19)17-4-1-7(5-17)8(15)18/h7,16H,1-6H2,(H2,15,18). The lowest BCUT2D eigenvalue weighted by atomic mass is 9.84. The van der Waals surface area contributed by atoms with Crippen LogP contribution in [0.4, 0.5) is 13.2 Å². The Balaban J connectivity index is 2.16. The highest BCUT2D eigenvalue weighted by atomic mass is 19.4. The number of nitrogens with one attached hydrogen (secondary N) is 1. The Hall–Kier alpha value is -1.31. The average molecular weight is 279 g/mol. The van der Waals surface area contributed by atoms with Gasteiger partial charge >= 0.3 is 6.18 Å². The molecule has 2 rings (SSSR count). The van der Waals surface area contributed by atoms with Gasteiger partial charge in [0.25, 0.3) is 0 Å². The maximum absolute atomic E-state index is 13.2.